The molecule has 1 aliphatic carbocycles. The van der Waals surface area contributed by atoms with Gasteiger partial charge in [-0.2, -0.15) is 0 Å². The Bertz CT molecular complexity index is 307. The van der Waals surface area contributed by atoms with Gasteiger partial charge >= 0.3 is 0 Å². The number of piperidine rings is 1. The van der Waals surface area contributed by atoms with Crippen LogP contribution in [0.4, 0.5) is 0 Å². The van der Waals surface area contributed by atoms with Crippen molar-refractivity contribution in [2.24, 2.45) is 5.92 Å². The number of carbonyl (C=O) groups is 1. The Hall–Kier alpha value is -0.610. The van der Waals surface area contributed by atoms with Gasteiger partial charge in [-0.15, -0.1) is 0 Å². The third-order valence-corrected chi connectivity index (χ3v) is 4.78. The molecule has 0 bridgehead atoms. The zero-order valence-corrected chi connectivity index (χ0v) is 12.3. The van der Waals surface area contributed by atoms with Crippen LogP contribution >= 0.6 is 0 Å². The molecule has 4 nitrogen and oxygen atoms in total. The van der Waals surface area contributed by atoms with Gasteiger partial charge in [-0.25, -0.2) is 0 Å². The van der Waals surface area contributed by atoms with E-state index in [1.807, 2.05) is 14.1 Å². The first-order valence-corrected chi connectivity index (χ1v) is 7.72. The van der Waals surface area contributed by atoms with Gasteiger partial charge in [-0.05, 0) is 32.2 Å². The molecule has 3 unspecified atom stereocenters. The fourth-order valence-electron chi connectivity index (χ4n) is 3.60. The molecule has 2 fully saturated rings. The molecule has 1 amide bonds. The van der Waals surface area contributed by atoms with Crippen LogP contribution in [0.25, 0.3) is 0 Å². The van der Waals surface area contributed by atoms with E-state index < -0.39 is 0 Å². The fraction of sp³-hybridized carbons (Fsp3) is 0.933. The third kappa shape index (κ3) is 3.69. The third-order valence-electron chi connectivity index (χ3n) is 4.78. The van der Waals surface area contributed by atoms with Gasteiger partial charge in [-0.1, -0.05) is 19.3 Å². The lowest BCUT2D eigenvalue weighted by Crippen LogP contribution is -2.51. The Morgan fingerprint density at radius 2 is 1.84 bits per heavy atom. The first-order chi connectivity index (χ1) is 9.09. The molecule has 0 radical (unpaired) electrons. The Labute approximate surface area is 116 Å². The molecular formula is C15H28N2O2. The summed E-state index contributed by atoms with van der Waals surface area (Å²) in [7, 11) is 3.63. The molecule has 1 N–H and O–H groups in total. The molecule has 19 heavy (non-hydrogen) atoms. The fourth-order valence-corrected chi connectivity index (χ4v) is 3.60. The molecule has 1 aliphatic heterocycles. The van der Waals surface area contributed by atoms with E-state index >= 15 is 0 Å². The largest absolute Gasteiger partial charge is 0.393 e. The average Bonchev–Trinajstić information content (AvgIpc) is 2.40. The summed E-state index contributed by atoms with van der Waals surface area (Å²) in [5, 5.41) is 10.3. The molecule has 2 aliphatic rings. The van der Waals surface area contributed by atoms with Gasteiger partial charge in [0.05, 0.1) is 12.6 Å². The number of nitrogens with zero attached hydrogens (tertiary/aromatic N) is 2. The summed E-state index contributed by atoms with van der Waals surface area (Å²) in [6.07, 6.45) is 7.85. The smallest absolute Gasteiger partial charge is 0.236 e. The SMILES string of the molecule is CN(C)C(=O)CN1CCCCC1C1CCCCC1O. The van der Waals surface area contributed by atoms with Gasteiger partial charge in [-0.3, -0.25) is 9.69 Å². The van der Waals surface area contributed by atoms with Gasteiger partial charge in [0.25, 0.3) is 0 Å². The number of hydrogen-bond acceptors (Lipinski definition) is 3. The van der Waals surface area contributed by atoms with Crippen molar-refractivity contribution in [3.8, 4) is 0 Å². The molecule has 0 aromatic heterocycles. The highest BCUT2D eigenvalue weighted by Crippen LogP contribution is 2.33. The van der Waals surface area contributed by atoms with E-state index in [0.717, 1.165) is 32.2 Å². The summed E-state index contributed by atoms with van der Waals surface area (Å²) >= 11 is 0. The van der Waals surface area contributed by atoms with Gasteiger partial charge in [0.15, 0.2) is 0 Å². The number of hydrogen-bond donors (Lipinski definition) is 1. The number of aliphatic hydroxyl groups is 1. The summed E-state index contributed by atoms with van der Waals surface area (Å²) in [5.41, 5.74) is 0. The van der Waals surface area contributed by atoms with Crippen LogP contribution in [0.2, 0.25) is 0 Å². The molecule has 1 saturated heterocycles. The normalized spacial score (nSPS) is 33.1. The Balaban J connectivity index is 2.00. The quantitative estimate of drug-likeness (QED) is 0.843. The number of aliphatic hydroxyl groups excluding tert-OH is 1. The minimum atomic E-state index is -0.159. The lowest BCUT2D eigenvalue weighted by molar-refractivity contribution is -0.131. The predicted octanol–water partition coefficient (Wildman–Crippen LogP) is 1.48. The Kier molecular flexibility index (Phi) is 5.22. The molecule has 2 rings (SSSR count). The summed E-state index contributed by atoms with van der Waals surface area (Å²) in [6, 6.07) is 0.410. The molecule has 0 aromatic carbocycles. The van der Waals surface area contributed by atoms with Crippen molar-refractivity contribution < 1.29 is 9.90 Å². The summed E-state index contributed by atoms with van der Waals surface area (Å²) in [4.78, 5) is 15.9. The topological polar surface area (TPSA) is 43.8 Å². The molecule has 3 atom stereocenters. The van der Waals surface area contributed by atoms with E-state index in [0.29, 0.717) is 18.5 Å². The van der Waals surface area contributed by atoms with Crippen LogP contribution in [-0.4, -0.2) is 60.1 Å². The minimum absolute atomic E-state index is 0.159. The van der Waals surface area contributed by atoms with Gasteiger partial charge in [0, 0.05) is 26.1 Å². The monoisotopic (exact) mass is 268 g/mol. The Morgan fingerprint density at radius 3 is 2.53 bits per heavy atom. The minimum Gasteiger partial charge on any atom is -0.393 e. The Morgan fingerprint density at radius 1 is 1.16 bits per heavy atom. The van der Waals surface area contributed by atoms with Crippen molar-refractivity contribution in [3.05, 3.63) is 0 Å². The first-order valence-electron chi connectivity index (χ1n) is 7.72. The van der Waals surface area contributed by atoms with Crippen LogP contribution in [0.15, 0.2) is 0 Å². The van der Waals surface area contributed by atoms with Gasteiger partial charge < -0.3 is 10.0 Å². The van der Waals surface area contributed by atoms with Crippen molar-refractivity contribution in [3.63, 3.8) is 0 Å². The highest BCUT2D eigenvalue weighted by Gasteiger charge is 2.36. The summed E-state index contributed by atoms with van der Waals surface area (Å²) in [6.45, 7) is 1.52. The number of likely N-dealkylation sites (N-methyl/N-ethyl adjacent to an activating group) is 1. The van der Waals surface area contributed by atoms with Gasteiger partial charge in [0.1, 0.15) is 0 Å². The van der Waals surface area contributed by atoms with Crippen LogP contribution < -0.4 is 0 Å². The van der Waals surface area contributed by atoms with Crippen LogP contribution in [0.1, 0.15) is 44.9 Å². The maximum absolute atomic E-state index is 11.9. The lowest BCUT2D eigenvalue weighted by Gasteiger charge is -2.43. The molecule has 0 aromatic rings. The molecule has 4 heteroatoms. The maximum atomic E-state index is 11.9. The standard InChI is InChI=1S/C15H28N2O2/c1-16(2)15(19)11-17-10-6-5-8-13(17)12-7-3-4-9-14(12)18/h12-14,18H,3-11H2,1-2H3. The van der Waals surface area contributed by atoms with Crippen LogP contribution in [0, 0.1) is 5.92 Å². The predicted molar refractivity (Wildman–Crippen MR) is 75.9 cm³/mol. The zero-order chi connectivity index (χ0) is 13.8. The first kappa shape index (κ1) is 14.8. The number of amides is 1. The second-order valence-corrected chi connectivity index (χ2v) is 6.34. The van der Waals surface area contributed by atoms with Crippen molar-refractivity contribution in [1.82, 2.24) is 9.80 Å². The van der Waals surface area contributed by atoms with E-state index in [9.17, 15) is 9.90 Å². The zero-order valence-electron chi connectivity index (χ0n) is 12.3. The van der Waals surface area contributed by atoms with E-state index in [-0.39, 0.29) is 12.0 Å². The summed E-state index contributed by atoms with van der Waals surface area (Å²) < 4.78 is 0. The van der Waals surface area contributed by atoms with E-state index in [2.05, 4.69) is 4.90 Å². The number of likely N-dealkylation sites (tertiary alicyclic amines) is 1. The van der Waals surface area contributed by atoms with Crippen LogP contribution in [0.5, 0.6) is 0 Å². The van der Waals surface area contributed by atoms with Crippen molar-refractivity contribution in [2.45, 2.75) is 57.1 Å². The lowest BCUT2D eigenvalue weighted by atomic mass is 9.78. The highest BCUT2D eigenvalue weighted by atomic mass is 16.3. The van der Waals surface area contributed by atoms with Crippen molar-refractivity contribution >= 4 is 5.91 Å². The molecule has 0 spiro atoms. The second kappa shape index (κ2) is 6.71. The molecule has 1 saturated carbocycles. The second-order valence-electron chi connectivity index (χ2n) is 6.34. The number of carbonyl (C=O) groups excluding carboxylic acids is 1. The van der Waals surface area contributed by atoms with Crippen LogP contribution in [0.3, 0.4) is 0 Å². The molecule has 110 valence electrons. The van der Waals surface area contributed by atoms with Crippen molar-refractivity contribution in [1.29, 1.82) is 0 Å². The highest BCUT2D eigenvalue weighted by molar-refractivity contribution is 5.77. The maximum Gasteiger partial charge on any atom is 0.236 e. The van der Waals surface area contributed by atoms with E-state index in [4.69, 9.17) is 0 Å². The molecule has 1 heterocycles. The average molecular weight is 268 g/mol. The molecular weight excluding hydrogens is 240 g/mol. The van der Waals surface area contributed by atoms with Crippen molar-refractivity contribution in [2.75, 3.05) is 27.2 Å². The summed E-state index contributed by atoms with van der Waals surface area (Å²) in [5.74, 6) is 0.557. The number of rotatable bonds is 3. The van der Waals surface area contributed by atoms with E-state index in [1.54, 1.807) is 4.90 Å². The van der Waals surface area contributed by atoms with Crippen LogP contribution in [-0.2, 0) is 4.79 Å². The van der Waals surface area contributed by atoms with Gasteiger partial charge in [0.2, 0.25) is 5.91 Å². The van der Waals surface area contributed by atoms with E-state index in [1.165, 1.54) is 19.3 Å².